The summed E-state index contributed by atoms with van der Waals surface area (Å²) in [4.78, 5) is 0. The summed E-state index contributed by atoms with van der Waals surface area (Å²) in [5.41, 5.74) is 0. The Morgan fingerprint density at radius 3 is 2.10 bits per heavy atom. The lowest BCUT2D eigenvalue weighted by Gasteiger charge is -2.10. The zero-order valence-electron chi connectivity index (χ0n) is 7.43. The molecule has 0 saturated carbocycles. The number of aliphatic hydroxyl groups excluding tert-OH is 1. The first kappa shape index (κ1) is 9.96. The van der Waals surface area contributed by atoms with Gasteiger partial charge < -0.3 is 5.11 Å². The fraction of sp³-hybridized carbons (Fsp3) is 1.00. The molecule has 1 nitrogen and oxygen atoms in total. The van der Waals surface area contributed by atoms with Crippen molar-refractivity contribution in [1.82, 2.24) is 0 Å². The smallest absolute Gasteiger partial charge is 0.0512 e. The number of hydrogen-bond donors (Lipinski definition) is 1. The highest BCUT2D eigenvalue weighted by Gasteiger charge is 2.02. The van der Waals surface area contributed by atoms with Crippen LogP contribution in [0.1, 0.15) is 46.5 Å². The Balaban J connectivity index is 3.12. The van der Waals surface area contributed by atoms with Gasteiger partial charge in [0, 0.05) is 0 Å². The molecular weight excluding hydrogens is 124 g/mol. The van der Waals surface area contributed by atoms with Crippen LogP contribution >= 0.6 is 0 Å². The van der Waals surface area contributed by atoms with Crippen molar-refractivity contribution in [1.29, 1.82) is 0 Å². The van der Waals surface area contributed by atoms with Crippen LogP contribution in [0.25, 0.3) is 0 Å². The molecule has 0 radical (unpaired) electrons. The fourth-order valence-corrected chi connectivity index (χ4v) is 1.16. The number of rotatable bonds is 5. The molecule has 0 bridgehead atoms. The second-order valence-electron chi connectivity index (χ2n) is 3.32. The third-order valence-corrected chi connectivity index (χ3v) is 1.86. The number of aliphatic hydroxyl groups is 1. The molecule has 2 atom stereocenters. The van der Waals surface area contributed by atoms with Gasteiger partial charge in [-0.2, -0.15) is 0 Å². The molecule has 1 unspecified atom stereocenters. The molecule has 62 valence electrons. The zero-order chi connectivity index (χ0) is 7.98. The van der Waals surface area contributed by atoms with Crippen molar-refractivity contribution in [2.75, 3.05) is 0 Å². The molecule has 10 heavy (non-hydrogen) atoms. The molecule has 1 heteroatoms. The summed E-state index contributed by atoms with van der Waals surface area (Å²) in [6, 6.07) is 0. The first-order valence-electron chi connectivity index (χ1n) is 4.34. The summed E-state index contributed by atoms with van der Waals surface area (Å²) < 4.78 is 0. The van der Waals surface area contributed by atoms with Crippen LogP contribution in [-0.4, -0.2) is 11.2 Å². The SMILES string of the molecule is CCCC(C)CC[C@@H](C)O. The van der Waals surface area contributed by atoms with Crippen molar-refractivity contribution >= 4 is 0 Å². The molecule has 0 aliphatic carbocycles. The Hall–Kier alpha value is -0.0400. The fourth-order valence-electron chi connectivity index (χ4n) is 1.16. The molecule has 1 N–H and O–H groups in total. The average molecular weight is 144 g/mol. The summed E-state index contributed by atoms with van der Waals surface area (Å²) in [5, 5.41) is 8.97. The average Bonchev–Trinajstić information content (AvgIpc) is 1.85. The van der Waals surface area contributed by atoms with Gasteiger partial charge in [0.05, 0.1) is 6.10 Å². The van der Waals surface area contributed by atoms with Crippen LogP contribution < -0.4 is 0 Å². The van der Waals surface area contributed by atoms with Crippen molar-refractivity contribution in [3.63, 3.8) is 0 Å². The van der Waals surface area contributed by atoms with Crippen molar-refractivity contribution in [2.45, 2.75) is 52.6 Å². The van der Waals surface area contributed by atoms with E-state index in [1.165, 1.54) is 19.3 Å². The van der Waals surface area contributed by atoms with Gasteiger partial charge in [0.1, 0.15) is 0 Å². The second-order valence-corrected chi connectivity index (χ2v) is 3.32. The lowest BCUT2D eigenvalue weighted by Crippen LogP contribution is -2.03. The molecule has 0 rings (SSSR count). The topological polar surface area (TPSA) is 20.2 Å². The van der Waals surface area contributed by atoms with E-state index in [9.17, 15) is 0 Å². The van der Waals surface area contributed by atoms with E-state index >= 15 is 0 Å². The molecule has 0 amide bonds. The molecular formula is C9H20O. The Bertz CT molecular complexity index is 69.1. The summed E-state index contributed by atoms with van der Waals surface area (Å²) in [6.07, 6.45) is 4.58. The van der Waals surface area contributed by atoms with E-state index in [-0.39, 0.29) is 6.10 Å². The summed E-state index contributed by atoms with van der Waals surface area (Å²) in [5.74, 6) is 0.791. The van der Waals surface area contributed by atoms with Gasteiger partial charge in [0.2, 0.25) is 0 Å². The maximum absolute atomic E-state index is 8.97. The molecule has 0 spiro atoms. The molecule has 0 aliphatic rings. The summed E-state index contributed by atoms with van der Waals surface area (Å²) >= 11 is 0. The minimum Gasteiger partial charge on any atom is -0.393 e. The van der Waals surface area contributed by atoms with Gasteiger partial charge in [-0.25, -0.2) is 0 Å². The molecule has 0 saturated heterocycles. The third kappa shape index (κ3) is 6.09. The standard InChI is InChI=1S/C9H20O/c1-4-5-8(2)6-7-9(3)10/h8-10H,4-7H2,1-3H3/t8?,9-/m1/s1. The predicted molar refractivity (Wildman–Crippen MR) is 45.0 cm³/mol. The van der Waals surface area contributed by atoms with Crippen molar-refractivity contribution in [2.24, 2.45) is 5.92 Å². The maximum atomic E-state index is 8.97. The molecule has 0 aromatic rings. The maximum Gasteiger partial charge on any atom is 0.0512 e. The van der Waals surface area contributed by atoms with Gasteiger partial charge >= 0.3 is 0 Å². The van der Waals surface area contributed by atoms with Crippen LogP contribution in [-0.2, 0) is 0 Å². The highest BCUT2D eigenvalue weighted by molar-refractivity contribution is 4.55. The minimum absolute atomic E-state index is 0.112. The Kier molecular flexibility index (Phi) is 5.70. The third-order valence-electron chi connectivity index (χ3n) is 1.86. The minimum atomic E-state index is -0.112. The Morgan fingerprint density at radius 2 is 1.70 bits per heavy atom. The molecule has 0 aliphatic heterocycles. The van der Waals surface area contributed by atoms with E-state index in [4.69, 9.17) is 5.11 Å². The van der Waals surface area contributed by atoms with E-state index in [0.29, 0.717) is 0 Å². The molecule has 0 fully saturated rings. The Labute approximate surface area is 64.5 Å². The first-order chi connectivity index (χ1) is 4.66. The van der Waals surface area contributed by atoms with E-state index in [1.807, 2.05) is 6.92 Å². The van der Waals surface area contributed by atoms with Gasteiger partial charge in [-0.1, -0.05) is 26.7 Å². The first-order valence-corrected chi connectivity index (χ1v) is 4.34. The zero-order valence-corrected chi connectivity index (χ0v) is 7.43. The van der Waals surface area contributed by atoms with E-state index in [0.717, 1.165) is 12.3 Å². The van der Waals surface area contributed by atoms with Gasteiger partial charge in [-0.15, -0.1) is 0 Å². The van der Waals surface area contributed by atoms with Crippen LogP contribution in [0, 0.1) is 5.92 Å². The van der Waals surface area contributed by atoms with E-state index in [1.54, 1.807) is 0 Å². The Morgan fingerprint density at radius 1 is 1.10 bits per heavy atom. The molecule has 0 aromatic heterocycles. The van der Waals surface area contributed by atoms with Crippen LogP contribution in [0.3, 0.4) is 0 Å². The quantitative estimate of drug-likeness (QED) is 0.628. The molecule has 0 aromatic carbocycles. The number of hydrogen-bond acceptors (Lipinski definition) is 1. The summed E-state index contributed by atoms with van der Waals surface area (Å²) in [6.45, 7) is 6.32. The summed E-state index contributed by atoms with van der Waals surface area (Å²) in [7, 11) is 0. The monoisotopic (exact) mass is 144 g/mol. The van der Waals surface area contributed by atoms with Gasteiger partial charge in [0.25, 0.3) is 0 Å². The van der Waals surface area contributed by atoms with E-state index < -0.39 is 0 Å². The van der Waals surface area contributed by atoms with Crippen molar-refractivity contribution in [3.8, 4) is 0 Å². The van der Waals surface area contributed by atoms with Crippen molar-refractivity contribution < 1.29 is 5.11 Å². The van der Waals surface area contributed by atoms with Crippen molar-refractivity contribution in [3.05, 3.63) is 0 Å². The highest BCUT2D eigenvalue weighted by Crippen LogP contribution is 2.13. The predicted octanol–water partition coefficient (Wildman–Crippen LogP) is 2.58. The van der Waals surface area contributed by atoms with E-state index in [2.05, 4.69) is 13.8 Å². The van der Waals surface area contributed by atoms with Crippen LogP contribution in [0.5, 0.6) is 0 Å². The highest BCUT2D eigenvalue weighted by atomic mass is 16.3. The molecule has 0 heterocycles. The normalized spacial score (nSPS) is 16.8. The van der Waals surface area contributed by atoms with Gasteiger partial charge in [-0.05, 0) is 25.7 Å². The second kappa shape index (κ2) is 5.72. The van der Waals surface area contributed by atoms with Crippen LogP contribution in [0.15, 0.2) is 0 Å². The van der Waals surface area contributed by atoms with Gasteiger partial charge in [-0.3, -0.25) is 0 Å². The van der Waals surface area contributed by atoms with Gasteiger partial charge in [0.15, 0.2) is 0 Å². The largest absolute Gasteiger partial charge is 0.393 e. The lowest BCUT2D eigenvalue weighted by atomic mass is 9.99. The van der Waals surface area contributed by atoms with Crippen LogP contribution in [0.4, 0.5) is 0 Å². The lowest BCUT2D eigenvalue weighted by molar-refractivity contribution is 0.173. The van der Waals surface area contributed by atoms with Crippen LogP contribution in [0.2, 0.25) is 0 Å².